The Morgan fingerprint density at radius 1 is 1.62 bits per heavy atom. The van der Waals surface area contributed by atoms with Gasteiger partial charge in [0.05, 0.1) is 24.4 Å². The summed E-state index contributed by atoms with van der Waals surface area (Å²) in [5.74, 6) is 0.120. The summed E-state index contributed by atoms with van der Waals surface area (Å²) in [6.07, 6.45) is 0. The molecule has 0 radical (unpaired) electrons. The third kappa shape index (κ3) is 2.88. The van der Waals surface area contributed by atoms with E-state index in [2.05, 4.69) is 5.32 Å². The smallest absolute Gasteiger partial charge is 0.242 e. The van der Waals surface area contributed by atoms with Gasteiger partial charge < -0.3 is 10.1 Å². The maximum absolute atomic E-state index is 11.4. The number of nitrogens with one attached hydrogen (secondary N) is 1. The van der Waals surface area contributed by atoms with E-state index in [0.29, 0.717) is 17.0 Å². The number of benzene rings is 1. The number of methoxy groups -OCH3 is 1. The molecule has 0 aliphatic heterocycles. The molecule has 0 aliphatic rings. The SMILES string of the molecule is COc1cc(C#N)ccc1NC(=O)C(C)Cl. The molecule has 0 aromatic heterocycles. The average molecular weight is 239 g/mol. The monoisotopic (exact) mass is 238 g/mol. The number of halogens is 1. The minimum atomic E-state index is -0.625. The average Bonchev–Trinajstić information content (AvgIpc) is 2.29. The zero-order valence-electron chi connectivity index (χ0n) is 8.95. The lowest BCUT2D eigenvalue weighted by atomic mass is 10.2. The number of amides is 1. The molecule has 1 aromatic rings. The van der Waals surface area contributed by atoms with Crippen LogP contribution < -0.4 is 10.1 Å². The number of nitriles is 1. The van der Waals surface area contributed by atoms with Crippen molar-refractivity contribution < 1.29 is 9.53 Å². The van der Waals surface area contributed by atoms with E-state index in [4.69, 9.17) is 21.6 Å². The molecule has 1 amide bonds. The molecule has 1 rings (SSSR count). The number of ether oxygens (including phenoxy) is 1. The Morgan fingerprint density at radius 2 is 2.31 bits per heavy atom. The number of rotatable bonds is 3. The minimum Gasteiger partial charge on any atom is -0.495 e. The Labute approximate surface area is 98.8 Å². The Balaban J connectivity index is 2.97. The van der Waals surface area contributed by atoms with Crippen LogP contribution in [0.15, 0.2) is 18.2 Å². The van der Waals surface area contributed by atoms with Gasteiger partial charge in [0.1, 0.15) is 11.1 Å². The van der Waals surface area contributed by atoms with Crippen molar-refractivity contribution in [1.29, 1.82) is 5.26 Å². The van der Waals surface area contributed by atoms with E-state index in [-0.39, 0.29) is 5.91 Å². The molecule has 0 saturated heterocycles. The first-order valence-corrected chi connectivity index (χ1v) is 5.05. The van der Waals surface area contributed by atoms with Crippen LogP contribution in [0.3, 0.4) is 0 Å². The van der Waals surface area contributed by atoms with Crippen LogP contribution in [-0.4, -0.2) is 18.4 Å². The topological polar surface area (TPSA) is 62.1 Å². The van der Waals surface area contributed by atoms with Gasteiger partial charge in [-0.2, -0.15) is 5.26 Å². The number of carbonyl (C=O) groups excluding carboxylic acids is 1. The Morgan fingerprint density at radius 3 is 2.81 bits per heavy atom. The fourth-order valence-corrected chi connectivity index (χ4v) is 1.15. The molecule has 1 unspecified atom stereocenters. The van der Waals surface area contributed by atoms with Gasteiger partial charge in [-0.3, -0.25) is 4.79 Å². The summed E-state index contributed by atoms with van der Waals surface area (Å²) < 4.78 is 5.06. The highest BCUT2D eigenvalue weighted by Gasteiger charge is 2.12. The second-order valence-corrected chi connectivity index (χ2v) is 3.79. The van der Waals surface area contributed by atoms with Gasteiger partial charge in [0.2, 0.25) is 5.91 Å². The van der Waals surface area contributed by atoms with Crippen molar-refractivity contribution >= 4 is 23.2 Å². The van der Waals surface area contributed by atoms with Crippen LogP contribution in [0.1, 0.15) is 12.5 Å². The Kier molecular flexibility index (Phi) is 4.15. The molecular weight excluding hydrogens is 228 g/mol. The molecule has 84 valence electrons. The maximum Gasteiger partial charge on any atom is 0.242 e. The highest BCUT2D eigenvalue weighted by atomic mass is 35.5. The van der Waals surface area contributed by atoms with Gasteiger partial charge in [0, 0.05) is 6.07 Å². The summed E-state index contributed by atoms with van der Waals surface area (Å²) in [5.41, 5.74) is 0.966. The van der Waals surface area contributed by atoms with E-state index >= 15 is 0 Å². The standard InChI is InChI=1S/C11H11ClN2O2/c1-7(12)11(15)14-9-4-3-8(6-13)5-10(9)16-2/h3-5,7H,1-2H3,(H,14,15). The number of nitrogens with zero attached hydrogens (tertiary/aromatic N) is 1. The molecule has 0 spiro atoms. The van der Waals surface area contributed by atoms with Gasteiger partial charge in [0.25, 0.3) is 0 Å². The minimum absolute atomic E-state index is 0.315. The lowest BCUT2D eigenvalue weighted by Crippen LogP contribution is -2.20. The number of anilines is 1. The Bertz CT molecular complexity index is 438. The molecule has 1 aromatic carbocycles. The van der Waals surface area contributed by atoms with Crippen molar-refractivity contribution in [2.24, 2.45) is 0 Å². The molecule has 0 bridgehead atoms. The molecular formula is C11H11ClN2O2. The van der Waals surface area contributed by atoms with Gasteiger partial charge in [-0.05, 0) is 19.1 Å². The second kappa shape index (κ2) is 5.38. The summed E-state index contributed by atoms with van der Waals surface area (Å²) in [6, 6.07) is 6.74. The fourth-order valence-electron chi connectivity index (χ4n) is 1.10. The lowest BCUT2D eigenvalue weighted by Gasteiger charge is -2.11. The summed E-state index contributed by atoms with van der Waals surface area (Å²) in [6.45, 7) is 1.58. The van der Waals surface area contributed by atoms with E-state index in [1.54, 1.807) is 25.1 Å². The molecule has 0 aliphatic carbocycles. The predicted molar refractivity (Wildman–Crippen MR) is 61.7 cm³/mol. The van der Waals surface area contributed by atoms with Crippen molar-refractivity contribution in [2.75, 3.05) is 12.4 Å². The lowest BCUT2D eigenvalue weighted by molar-refractivity contribution is -0.115. The van der Waals surface area contributed by atoms with Crippen molar-refractivity contribution in [3.63, 3.8) is 0 Å². The van der Waals surface area contributed by atoms with Gasteiger partial charge >= 0.3 is 0 Å². The van der Waals surface area contributed by atoms with E-state index < -0.39 is 5.38 Å². The normalized spacial score (nSPS) is 11.4. The van der Waals surface area contributed by atoms with Crippen LogP contribution in [-0.2, 0) is 4.79 Å². The Hall–Kier alpha value is -1.73. The molecule has 1 N–H and O–H groups in total. The third-order valence-corrected chi connectivity index (χ3v) is 2.15. The molecule has 0 heterocycles. The molecule has 1 atom stereocenters. The quantitative estimate of drug-likeness (QED) is 0.821. The first-order valence-electron chi connectivity index (χ1n) is 4.61. The van der Waals surface area contributed by atoms with Crippen molar-refractivity contribution in [2.45, 2.75) is 12.3 Å². The molecule has 5 heteroatoms. The highest BCUT2D eigenvalue weighted by Crippen LogP contribution is 2.25. The van der Waals surface area contributed by atoms with Crippen molar-refractivity contribution in [1.82, 2.24) is 0 Å². The van der Waals surface area contributed by atoms with Crippen molar-refractivity contribution in [3.05, 3.63) is 23.8 Å². The number of alkyl halides is 1. The van der Waals surface area contributed by atoms with Gasteiger partial charge in [-0.25, -0.2) is 0 Å². The van der Waals surface area contributed by atoms with Crippen LogP contribution in [0.4, 0.5) is 5.69 Å². The van der Waals surface area contributed by atoms with E-state index in [9.17, 15) is 4.79 Å². The first-order chi connectivity index (χ1) is 7.58. The van der Waals surface area contributed by atoms with Gasteiger partial charge in [-0.15, -0.1) is 11.6 Å². The molecule has 0 fully saturated rings. The van der Waals surface area contributed by atoms with E-state index in [1.807, 2.05) is 6.07 Å². The number of carbonyl (C=O) groups is 1. The van der Waals surface area contributed by atoms with Crippen LogP contribution in [0.2, 0.25) is 0 Å². The van der Waals surface area contributed by atoms with Crippen LogP contribution in [0.25, 0.3) is 0 Å². The summed E-state index contributed by atoms with van der Waals surface area (Å²) >= 11 is 5.63. The van der Waals surface area contributed by atoms with E-state index in [1.165, 1.54) is 7.11 Å². The molecule has 16 heavy (non-hydrogen) atoms. The zero-order chi connectivity index (χ0) is 12.1. The highest BCUT2D eigenvalue weighted by molar-refractivity contribution is 6.32. The summed E-state index contributed by atoms with van der Waals surface area (Å²) in [7, 11) is 1.47. The molecule has 0 saturated carbocycles. The van der Waals surface area contributed by atoms with Crippen LogP contribution in [0.5, 0.6) is 5.75 Å². The van der Waals surface area contributed by atoms with Crippen LogP contribution >= 0.6 is 11.6 Å². The van der Waals surface area contributed by atoms with Crippen LogP contribution in [0, 0.1) is 11.3 Å². The second-order valence-electron chi connectivity index (χ2n) is 3.13. The maximum atomic E-state index is 11.4. The third-order valence-electron chi connectivity index (χ3n) is 1.95. The summed E-state index contributed by atoms with van der Waals surface area (Å²) in [5, 5.41) is 10.7. The summed E-state index contributed by atoms with van der Waals surface area (Å²) in [4.78, 5) is 11.4. The number of hydrogen-bond acceptors (Lipinski definition) is 3. The number of hydrogen-bond donors (Lipinski definition) is 1. The molecule has 4 nitrogen and oxygen atoms in total. The van der Waals surface area contributed by atoms with Gasteiger partial charge in [0.15, 0.2) is 0 Å². The predicted octanol–water partition coefficient (Wildman–Crippen LogP) is 2.13. The van der Waals surface area contributed by atoms with E-state index in [0.717, 1.165) is 0 Å². The van der Waals surface area contributed by atoms with Crippen molar-refractivity contribution in [3.8, 4) is 11.8 Å². The van der Waals surface area contributed by atoms with Gasteiger partial charge in [-0.1, -0.05) is 0 Å². The first kappa shape index (κ1) is 12.3. The fraction of sp³-hybridized carbons (Fsp3) is 0.273. The largest absolute Gasteiger partial charge is 0.495 e. The zero-order valence-corrected chi connectivity index (χ0v) is 9.71.